The first kappa shape index (κ1) is 18.8. The first-order valence-electron chi connectivity index (χ1n) is 6.54. The molecule has 0 saturated heterocycles. The predicted octanol–water partition coefficient (Wildman–Crippen LogP) is 3.30. The minimum Gasteiger partial charge on any atom is -0.481 e. The van der Waals surface area contributed by atoms with Crippen molar-refractivity contribution in [1.29, 1.82) is 0 Å². The maximum atomic E-state index is 11.9. The van der Waals surface area contributed by atoms with E-state index < -0.39 is 30.8 Å². The molecule has 1 N–H and O–H groups in total. The van der Waals surface area contributed by atoms with E-state index in [-0.39, 0.29) is 6.61 Å². The lowest BCUT2D eigenvalue weighted by Crippen LogP contribution is -2.43. The number of benzene rings is 1. The number of nitrogens with one attached hydrogen (secondary N) is 1. The Morgan fingerprint density at radius 3 is 2.41 bits per heavy atom. The molecular weight excluding hydrogens is 367 g/mol. The molecule has 1 aromatic carbocycles. The molecule has 2 atom stereocenters. The molecule has 0 spiro atoms. The second-order valence-corrected chi connectivity index (χ2v) is 5.67. The van der Waals surface area contributed by atoms with Crippen molar-refractivity contribution < 1.29 is 27.4 Å². The van der Waals surface area contributed by atoms with Gasteiger partial charge in [0, 0.05) is 10.5 Å². The summed E-state index contributed by atoms with van der Waals surface area (Å²) in [6.45, 7) is 1.55. The van der Waals surface area contributed by atoms with Crippen molar-refractivity contribution in [3.8, 4) is 5.75 Å². The second-order valence-electron chi connectivity index (χ2n) is 4.75. The van der Waals surface area contributed by atoms with E-state index in [1.54, 1.807) is 38.1 Å². The van der Waals surface area contributed by atoms with Gasteiger partial charge in [0.2, 0.25) is 0 Å². The smallest absolute Gasteiger partial charge is 0.411 e. The van der Waals surface area contributed by atoms with E-state index in [1.807, 2.05) is 0 Å². The first-order chi connectivity index (χ1) is 10.2. The highest BCUT2D eigenvalue weighted by Gasteiger charge is 2.27. The average molecular weight is 384 g/mol. The molecule has 2 unspecified atom stereocenters. The first-order valence-corrected chi connectivity index (χ1v) is 7.34. The minimum atomic E-state index is -4.37. The Hall–Kier alpha value is -1.28. The molecule has 4 nitrogen and oxygen atoms in total. The summed E-state index contributed by atoms with van der Waals surface area (Å²) in [6, 6.07) is 6.39. The van der Waals surface area contributed by atoms with E-state index in [1.165, 1.54) is 0 Å². The Morgan fingerprint density at radius 1 is 1.27 bits per heavy atom. The molecule has 0 fully saturated rings. The molecule has 0 saturated carbocycles. The summed E-state index contributed by atoms with van der Waals surface area (Å²) < 4.78 is 46.6. The van der Waals surface area contributed by atoms with Crippen LogP contribution in [0.15, 0.2) is 28.7 Å². The van der Waals surface area contributed by atoms with E-state index in [2.05, 4.69) is 26.0 Å². The topological polar surface area (TPSA) is 47.6 Å². The summed E-state index contributed by atoms with van der Waals surface area (Å²) in [4.78, 5) is 11.9. The molecular formula is C14H17BrF3NO3. The summed E-state index contributed by atoms with van der Waals surface area (Å²) in [5, 5.41) is 2.53. The maximum absolute atomic E-state index is 11.9. The Labute approximate surface area is 135 Å². The van der Waals surface area contributed by atoms with Gasteiger partial charge in [0.05, 0.1) is 6.61 Å². The van der Waals surface area contributed by atoms with Gasteiger partial charge >= 0.3 is 6.18 Å². The molecule has 0 aliphatic carbocycles. The monoisotopic (exact) mass is 383 g/mol. The fourth-order valence-corrected chi connectivity index (χ4v) is 1.79. The molecule has 0 radical (unpaired) electrons. The highest BCUT2D eigenvalue weighted by Crippen LogP contribution is 2.17. The van der Waals surface area contributed by atoms with Crippen LogP contribution in [0.4, 0.5) is 13.2 Å². The third kappa shape index (κ3) is 7.65. The Morgan fingerprint density at radius 2 is 1.86 bits per heavy atom. The summed E-state index contributed by atoms with van der Waals surface area (Å²) in [7, 11) is 0. The van der Waals surface area contributed by atoms with Crippen molar-refractivity contribution in [2.75, 3.05) is 13.2 Å². The lowest BCUT2D eigenvalue weighted by molar-refractivity contribution is -0.175. The molecule has 8 heteroatoms. The second kappa shape index (κ2) is 8.38. The van der Waals surface area contributed by atoms with Gasteiger partial charge in [-0.2, -0.15) is 13.2 Å². The number of hydrogen-bond acceptors (Lipinski definition) is 3. The fraction of sp³-hybridized carbons (Fsp3) is 0.500. The van der Waals surface area contributed by atoms with Crippen molar-refractivity contribution in [2.24, 2.45) is 0 Å². The van der Waals surface area contributed by atoms with Crippen LogP contribution in [-0.2, 0) is 9.53 Å². The fourth-order valence-electron chi connectivity index (χ4n) is 1.52. The molecule has 22 heavy (non-hydrogen) atoms. The number of carbonyl (C=O) groups is 1. The number of carbonyl (C=O) groups excluding carboxylic acids is 1. The molecule has 1 aromatic rings. The lowest BCUT2D eigenvalue weighted by Gasteiger charge is -2.19. The van der Waals surface area contributed by atoms with Crippen LogP contribution < -0.4 is 10.1 Å². The van der Waals surface area contributed by atoms with Crippen molar-refractivity contribution in [1.82, 2.24) is 5.32 Å². The van der Waals surface area contributed by atoms with Crippen LogP contribution in [0.25, 0.3) is 0 Å². The zero-order valence-electron chi connectivity index (χ0n) is 12.1. The number of alkyl halides is 3. The standard InChI is InChI=1S/C14H17BrF3NO3/c1-9(7-21-8-14(16,17)18)19-13(20)10(2)22-12-5-3-11(15)4-6-12/h3-6,9-10H,7-8H2,1-2H3,(H,19,20). The number of hydrogen-bond donors (Lipinski definition) is 1. The van der Waals surface area contributed by atoms with E-state index in [0.29, 0.717) is 5.75 Å². The predicted molar refractivity (Wildman–Crippen MR) is 78.7 cm³/mol. The van der Waals surface area contributed by atoms with Gasteiger partial charge in [0.1, 0.15) is 12.4 Å². The molecule has 124 valence electrons. The third-order valence-corrected chi connectivity index (χ3v) is 3.05. The maximum Gasteiger partial charge on any atom is 0.411 e. The van der Waals surface area contributed by atoms with Gasteiger partial charge in [-0.1, -0.05) is 15.9 Å². The highest BCUT2D eigenvalue weighted by molar-refractivity contribution is 9.10. The number of rotatable bonds is 7. The summed E-state index contributed by atoms with van der Waals surface area (Å²) in [6.07, 6.45) is -5.15. The van der Waals surface area contributed by atoms with E-state index >= 15 is 0 Å². The number of halogens is 4. The molecule has 0 aliphatic rings. The zero-order chi connectivity index (χ0) is 16.8. The molecule has 1 amide bonds. The summed E-state index contributed by atoms with van der Waals surface area (Å²) >= 11 is 3.28. The van der Waals surface area contributed by atoms with Gasteiger partial charge in [-0.15, -0.1) is 0 Å². The van der Waals surface area contributed by atoms with Crippen molar-refractivity contribution >= 4 is 21.8 Å². The van der Waals surface area contributed by atoms with Gasteiger partial charge in [0.25, 0.3) is 5.91 Å². The molecule has 0 bridgehead atoms. The van der Waals surface area contributed by atoms with Crippen LogP contribution in [0, 0.1) is 0 Å². The number of ether oxygens (including phenoxy) is 2. The largest absolute Gasteiger partial charge is 0.481 e. The summed E-state index contributed by atoms with van der Waals surface area (Å²) in [5.74, 6) is 0.0952. The average Bonchev–Trinajstić information content (AvgIpc) is 2.39. The van der Waals surface area contributed by atoms with Gasteiger partial charge < -0.3 is 14.8 Å². The van der Waals surface area contributed by atoms with Crippen molar-refractivity contribution in [3.05, 3.63) is 28.7 Å². The lowest BCUT2D eigenvalue weighted by atomic mass is 10.3. The quantitative estimate of drug-likeness (QED) is 0.785. The zero-order valence-corrected chi connectivity index (χ0v) is 13.7. The van der Waals surface area contributed by atoms with Crippen LogP contribution in [0.1, 0.15) is 13.8 Å². The van der Waals surface area contributed by atoms with Gasteiger partial charge in [-0.25, -0.2) is 0 Å². The van der Waals surface area contributed by atoms with Crippen molar-refractivity contribution in [3.63, 3.8) is 0 Å². The summed E-state index contributed by atoms with van der Waals surface area (Å²) in [5.41, 5.74) is 0. The third-order valence-electron chi connectivity index (χ3n) is 2.52. The highest BCUT2D eigenvalue weighted by atomic mass is 79.9. The van der Waals surface area contributed by atoms with Gasteiger partial charge in [-0.3, -0.25) is 4.79 Å². The van der Waals surface area contributed by atoms with Crippen LogP contribution >= 0.6 is 15.9 Å². The van der Waals surface area contributed by atoms with Gasteiger partial charge in [-0.05, 0) is 38.1 Å². The van der Waals surface area contributed by atoms with E-state index in [0.717, 1.165) is 4.47 Å². The molecule has 0 aliphatic heterocycles. The van der Waals surface area contributed by atoms with E-state index in [9.17, 15) is 18.0 Å². The Bertz CT molecular complexity index is 479. The minimum absolute atomic E-state index is 0.226. The molecule has 0 heterocycles. The van der Waals surface area contributed by atoms with Gasteiger partial charge in [0.15, 0.2) is 6.10 Å². The Balaban J connectivity index is 2.35. The van der Waals surface area contributed by atoms with Crippen LogP contribution in [0.5, 0.6) is 5.75 Å². The van der Waals surface area contributed by atoms with Crippen LogP contribution in [-0.4, -0.2) is 37.4 Å². The normalized spacial score (nSPS) is 14.3. The van der Waals surface area contributed by atoms with Crippen LogP contribution in [0.3, 0.4) is 0 Å². The van der Waals surface area contributed by atoms with E-state index in [4.69, 9.17) is 4.74 Å². The van der Waals surface area contributed by atoms with Crippen molar-refractivity contribution in [2.45, 2.75) is 32.2 Å². The van der Waals surface area contributed by atoms with Crippen LogP contribution in [0.2, 0.25) is 0 Å². The number of amides is 1. The SMILES string of the molecule is CC(COCC(F)(F)F)NC(=O)C(C)Oc1ccc(Br)cc1. The molecule has 1 rings (SSSR count). The molecule has 0 aromatic heterocycles. The Kier molecular flexibility index (Phi) is 7.15.